The molecule has 1 atom stereocenters. The predicted molar refractivity (Wildman–Crippen MR) is 128 cm³/mol. The molecular formula is C25H36N4OS. The van der Waals surface area contributed by atoms with E-state index < -0.39 is 0 Å². The first-order valence-electron chi connectivity index (χ1n) is 11.7. The van der Waals surface area contributed by atoms with Crippen molar-refractivity contribution in [2.75, 3.05) is 45.6 Å². The highest BCUT2D eigenvalue weighted by atomic mass is 32.2. The van der Waals surface area contributed by atoms with Gasteiger partial charge in [0.15, 0.2) is 5.16 Å². The van der Waals surface area contributed by atoms with Crippen molar-refractivity contribution >= 4 is 11.8 Å². The van der Waals surface area contributed by atoms with Crippen LogP contribution >= 0.6 is 11.8 Å². The second-order valence-electron chi connectivity index (χ2n) is 8.98. The Morgan fingerprint density at radius 1 is 1.06 bits per heavy atom. The van der Waals surface area contributed by atoms with E-state index in [1.807, 2.05) is 6.20 Å². The minimum absolute atomic E-state index is 0.495. The standard InChI is InChI=1S/C25H36N4OS/c1-19-16-24(30-3)20(2)15-22(19)18-29-12-6-7-21(17-29)23-8-9-26-25(27-23)31-14-13-28-10-4-5-11-28/h8-9,15-16,21H,4-7,10-14,17-18H2,1-3H3. The highest BCUT2D eigenvalue weighted by Gasteiger charge is 2.23. The van der Waals surface area contributed by atoms with E-state index >= 15 is 0 Å². The molecule has 2 aromatic rings. The summed E-state index contributed by atoms with van der Waals surface area (Å²) >= 11 is 1.81. The average Bonchev–Trinajstić information content (AvgIpc) is 3.30. The summed E-state index contributed by atoms with van der Waals surface area (Å²) in [6, 6.07) is 6.58. The number of likely N-dealkylation sites (tertiary alicyclic amines) is 2. The topological polar surface area (TPSA) is 41.5 Å². The van der Waals surface area contributed by atoms with Crippen molar-refractivity contribution in [1.82, 2.24) is 19.8 Å². The first kappa shape index (κ1) is 22.6. The lowest BCUT2D eigenvalue weighted by Crippen LogP contribution is -2.34. The summed E-state index contributed by atoms with van der Waals surface area (Å²) in [7, 11) is 1.75. The normalized spacial score (nSPS) is 20.3. The smallest absolute Gasteiger partial charge is 0.187 e. The van der Waals surface area contributed by atoms with Gasteiger partial charge in [0.2, 0.25) is 0 Å². The minimum atomic E-state index is 0.495. The Morgan fingerprint density at radius 2 is 1.87 bits per heavy atom. The molecule has 0 radical (unpaired) electrons. The minimum Gasteiger partial charge on any atom is -0.496 e. The molecule has 0 N–H and O–H groups in total. The Kier molecular flexibility index (Phi) is 7.86. The molecule has 5 nitrogen and oxygen atoms in total. The zero-order valence-electron chi connectivity index (χ0n) is 19.3. The molecule has 31 heavy (non-hydrogen) atoms. The summed E-state index contributed by atoms with van der Waals surface area (Å²) in [5.41, 5.74) is 5.14. The summed E-state index contributed by atoms with van der Waals surface area (Å²) in [5.74, 6) is 2.55. The van der Waals surface area contributed by atoms with Crippen LogP contribution in [-0.4, -0.2) is 65.4 Å². The van der Waals surface area contributed by atoms with Crippen LogP contribution in [0.25, 0.3) is 0 Å². The molecule has 3 heterocycles. The van der Waals surface area contributed by atoms with Crippen LogP contribution in [0.3, 0.4) is 0 Å². The number of hydrogen-bond acceptors (Lipinski definition) is 6. The van der Waals surface area contributed by atoms with Gasteiger partial charge in [0.25, 0.3) is 0 Å². The average molecular weight is 441 g/mol. The van der Waals surface area contributed by atoms with Gasteiger partial charge in [-0.1, -0.05) is 17.8 Å². The van der Waals surface area contributed by atoms with E-state index in [1.54, 1.807) is 18.9 Å². The van der Waals surface area contributed by atoms with Crippen LogP contribution in [-0.2, 0) is 6.54 Å². The van der Waals surface area contributed by atoms with Crippen LogP contribution in [0.1, 0.15) is 54.0 Å². The number of thioether (sulfide) groups is 1. The van der Waals surface area contributed by atoms with E-state index in [0.717, 1.165) is 42.8 Å². The maximum atomic E-state index is 5.48. The Bertz CT molecular complexity index is 869. The lowest BCUT2D eigenvalue weighted by molar-refractivity contribution is 0.197. The molecule has 168 valence electrons. The molecule has 0 spiro atoms. The van der Waals surface area contributed by atoms with E-state index in [-0.39, 0.29) is 0 Å². The highest BCUT2D eigenvalue weighted by molar-refractivity contribution is 7.99. The van der Waals surface area contributed by atoms with E-state index in [1.165, 1.54) is 61.2 Å². The van der Waals surface area contributed by atoms with E-state index in [4.69, 9.17) is 9.72 Å². The van der Waals surface area contributed by atoms with Gasteiger partial charge in [-0.05, 0) is 88.0 Å². The number of methoxy groups -OCH3 is 1. The number of aryl methyl sites for hydroxylation is 2. The van der Waals surface area contributed by atoms with Gasteiger partial charge in [0, 0.05) is 43.2 Å². The molecule has 2 aliphatic heterocycles. The third-order valence-corrected chi connectivity index (χ3v) is 7.51. The molecule has 1 aromatic carbocycles. The molecular weight excluding hydrogens is 404 g/mol. The Morgan fingerprint density at radius 3 is 2.68 bits per heavy atom. The van der Waals surface area contributed by atoms with Crippen molar-refractivity contribution in [2.24, 2.45) is 0 Å². The molecule has 6 heteroatoms. The third kappa shape index (κ3) is 5.99. The SMILES string of the molecule is COc1cc(C)c(CN2CCCC(c3ccnc(SCCN4CCCC4)n3)C2)cc1C. The van der Waals surface area contributed by atoms with Gasteiger partial charge in [0.1, 0.15) is 5.75 Å². The van der Waals surface area contributed by atoms with Gasteiger partial charge in [-0.3, -0.25) is 4.90 Å². The maximum Gasteiger partial charge on any atom is 0.187 e. The summed E-state index contributed by atoms with van der Waals surface area (Å²) in [6.45, 7) is 11.2. The molecule has 0 aliphatic carbocycles. The predicted octanol–water partition coefficient (Wildman–Crippen LogP) is 4.67. The lowest BCUT2D eigenvalue weighted by Gasteiger charge is -2.33. The van der Waals surface area contributed by atoms with E-state index in [2.05, 4.69) is 46.8 Å². The number of aromatic nitrogens is 2. The molecule has 0 bridgehead atoms. The molecule has 2 saturated heterocycles. The van der Waals surface area contributed by atoms with Crippen molar-refractivity contribution in [1.29, 1.82) is 0 Å². The second kappa shape index (κ2) is 10.8. The van der Waals surface area contributed by atoms with Crippen LogP contribution in [0.2, 0.25) is 0 Å². The summed E-state index contributed by atoms with van der Waals surface area (Å²) in [4.78, 5) is 14.6. The van der Waals surface area contributed by atoms with E-state index in [9.17, 15) is 0 Å². The Balaban J connectivity index is 1.35. The fourth-order valence-electron chi connectivity index (χ4n) is 4.84. The third-order valence-electron chi connectivity index (χ3n) is 6.66. The lowest BCUT2D eigenvalue weighted by atomic mass is 9.93. The van der Waals surface area contributed by atoms with Crippen LogP contribution < -0.4 is 4.74 Å². The monoisotopic (exact) mass is 440 g/mol. The number of rotatable bonds is 8. The van der Waals surface area contributed by atoms with Crippen molar-refractivity contribution in [3.63, 3.8) is 0 Å². The quantitative estimate of drug-likeness (QED) is 0.439. The van der Waals surface area contributed by atoms with Gasteiger partial charge in [0.05, 0.1) is 7.11 Å². The first-order chi connectivity index (χ1) is 15.1. The molecule has 0 saturated carbocycles. The molecule has 4 rings (SSSR count). The van der Waals surface area contributed by atoms with Gasteiger partial charge < -0.3 is 9.64 Å². The summed E-state index contributed by atoms with van der Waals surface area (Å²) < 4.78 is 5.48. The van der Waals surface area contributed by atoms with Crippen molar-refractivity contribution in [3.05, 3.63) is 46.8 Å². The second-order valence-corrected chi connectivity index (χ2v) is 10.0. The van der Waals surface area contributed by atoms with Gasteiger partial charge in [-0.25, -0.2) is 9.97 Å². The fourth-order valence-corrected chi connectivity index (χ4v) is 5.68. The molecule has 0 amide bonds. The Labute approximate surface area is 191 Å². The number of benzene rings is 1. The molecule has 1 aromatic heterocycles. The maximum absolute atomic E-state index is 5.48. The van der Waals surface area contributed by atoms with Crippen molar-refractivity contribution < 1.29 is 4.74 Å². The van der Waals surface area contributed by atoms with Crippen LogP contribution in [0.15, 0.2) is 29.6 Å². The molecule has 2 fully saturated rings. The molecule has 1 unspecified atom stereocenters. The van der Waals surface area contributed by atoms with Gasteiger partial charge >= 0.3 is 0 Å². The fraction of sp³-hybridized carbons (Fsp3) is 0.600. The van der Waals surface area contributed by atoms with Gasteiger partial charge in [-0.15, -0.1) is 0 Å². The summed E-state index contributed by atoms with van der Waals surface area (Å²) in [6.07, 6.45) is 7.09. The van der Waals surface area contributed by atoms with Crippen LogP contribution in [0.4, 0.5) is 0 Å². The zero-order chi connectivity index (χ0) is 21.6. The van der Waals surface area contributed by atoms with E-state index in [0.29, 0.717) is 5.92 Å². The summed E-state index contributed by atoms with van der Waals surface area (Å²) in [5, 5.41) is 0.940. The number of hydrogen-bond donors (Lipinski definition) is 0. The zero-order valence-corrected chi connectivity index (χ0v) is 20.1. The molecule has 2 aliphatic rings. The first-order valence-corrected chi connectivity index (χ1v) is 12.7. The van der Waals surface area contributed by atoms with Crippen molar-refractivity contribution in [2.45, 2.75) is 57.1 Å². The largest absolute Gasteiger partial charge is 0.496 e. The highest BCUT2D eigenvalue weighted by Crippen LogP contribution is 2.29. The Hall–Kier alpha value is -1.63. The number of ether oxygens (including phenoxy) is 1. The van der Waals surface area contributed by atoms with Gasteiger partial charge in [-0.2, -0.15) is 0 Å². The number of piperidine rings is 1. The van der Waals surface area contributed by atoms with Crippen LogP contribution in [0, 0.1) is 13.8 Å². The van der Waals surface area contributed by atoms with Crippen LogP contribution in [0.5, 0.6) is 5.75 Å². The van der Waals surface area contributed by atoms with Crippen molar-refractivity contribution in [3.8, 4) is 5.75 Å². The number of nitrogens with zero attached hydrogens (tertiary/aromatic N) is 4.